The first-order chi connectivity index (χ1) is 10.0. The van der Waals surface area contributed by atoms with Gasteiger partial charge in [0.2, 0.25) is 0 Å². The van der Waals surface area contributed by atoms with Crippen LogP contribution in [-0.4, -0.2) is 10.5 Å². The molecule has 2 aromatic carbocycles. The number of fused-ring (bicyclic) bond motifs is 1. The highest BCUT2D eigenvalue weighted by atomic mass is 16.1. The maximum Gasteiger partial charge on any atom is 0.257 e. The average molecular weight is 278 g/mol. The number of carbonyl (C=O) groups excluding carboxylic acids is 1. The highest BCUT2D eigenvalue weighted by Crippen LogP contribution is 2.21. The van der Waals surface area contributed by atoms with E-state index in [-0.39, 0.29) is 5.91 Å². The van der Waals surface area contributed by atoms with Gasteiger partial charge in [0.1, 0.15) is 0 Å². The predicted molar refractivity (Wildman–Crippen MR) is 86.8 cm³/mol. The van der Waals surface area contributed by atoms with E-state index in [1.54, 1.807) is 0 Å². The Balaban J connectivity index is 1.99. The SMILES string of the molecule is Cc1cc(C)cc(NC(=O)c2cccc3ccn(C)c23)c1. The van der Waals surface area contributed by atoms with E-state index in [0.717, 1.165) is 27.7 Å². The Hall–Kier alpha value is -2.55. The number of nitrogens with one attached hydrogen (secondary N) is 1. The van der Waals surface area contributed by atoms with Gasteiger partial charge < -0.3 is 9.88 Å². The number of anilines is 1. The van der Waals surface area contributed by atoms with Gasteiger partial charge in [0.05, 0.1) is 11.1 Å². The molecule has 1 amide bonds. The molecular weight excluding hydrogens is 260 g/mol. The number of hydrogen-bond donors (Lipinski definition) is 1. The van der Waals surface area contributed by atoms with Crippen molar-refractivity contribution in [3.05, 3.63) is 65.4 Å². The van der Waals surface area contributed by atoms with Crippen LogP contribution in [0, 0.1) is 13.8 Å². The van der Waals surface area contributed by atoms with Gasteiger partial charge in [-0.3, -0.25) is 4.79 Å². The van der Waals surface area contributed by atoms with Crippen LogP contribution < -0.4 is 5.32 Å². The molecule has 0 saturated heterocycles. The zero-order valence-corrected chi connectivity index (χ0v) is 12.5. The minimum atomic E-state index is -0.0765. The highest BCUT2D eigenvalue weighted by Gasteiger charge is 2.12. The lowest BCUT2D eigenvalue weighted by molar-refractivity contribution is 0.102. The topological polar surface area (TPSA) is 34.0 Å². The fourth-order valence-corrected chi connectivity index (χ4v) is 2.78. The second-order valence-electron chi connectivity index (χ2n) is 5.50. The van der Waals surface area contributed by atoms with Gasteiger partial charge in [0, 0.05) is 24.3 Å². The van der Waals surface area contributed by atoms with E-state index < -0.39 is 0 Å². The summed E-state index contributed by atoms with van der Waals surface area (Å²) in [7, 11) is 1.95. The number of aryl methyl sites for hydroxylation is 3. The molecule has 3 aromatic rings. The molecule has 0 spiro atoms. The predicted octanol–water partition coefficient (Wildman–Crippen LogP) is 4.05. The molecule has 3 heteroatoms. The quantitative estimate of drug-likeness (QED) is 0.754. The average Bonchev–Trinajstić information content (AvgIpc) is 2.79. The Morgan fingerprint density at radius 1 is 1.05 bits per heavy atom. The van der Waals surface area contributed by atoms with Gasteiger partial charge in [0.25, 0.3) is 5.91 Å². The van der Waals surface area contributed by atoms with Crippen molar-refractivity contribution in [2.24, 2.45) is 7.05 Å². The van der Waals surface area contributed by atoms with Crippen molar-refractivity contribution >= 4 is 22.5 Å². The third-order valence-corrected chi connectivity index (χ3v) is 3.62. The molecule has 0 radical (unpaired) electrons. The van der Waals surface area contributed by atoms with E-state index in [9.17, 15) is 4.79 Å². The summed E-state index contributed by atoms with van der Waals surface area (Å²) in [6, 6.07) is 13.9. The first-order valence-corrected chi connectivity index (χ1v) is 6.98. The van der Waals surface area contributed by atoms with Crippen molar-refractivity contribution in [3.63, 3.8) is 0 Å². The first kappa shape index (κ1) is 13.4. The van der Waals surface area contributed by atoms with Gasteiger partial charge in [0.15, 0.2) is 0 Å². The van der Waals surface area contributed by atoms with Crippen LogP contribution in [0.2, 0.25) is 0 Å². The summed E-state index contributed by atoms with van der Waals surface area (Å²) in [6.45, 7) is 4.06. The molecular formula is C18H18N2O. The summed E-state index contributed by atoms with van der Waals surface area (Å²) in [6.07, 6.45) is 1.97. The summed E-state index contributed by atoms with van der Waals surface area (Å²) in [5, 5.41) is 4.07. The van der Waals surface area contributed by atoms with E-state index in [2.05, 4.69) is 11.4 Å². The molecule has 1 aromatic heterocycles. The molecule has 0 atom stereocenters. The molecule has 0 aliphatic rings. The summed E-state index contributed by atoms with van der Waals surface area (Å²) < 4.78 is 1.98. The van der Waals surface area contributed by atoms with Gasteiger partial charge in [-0.25, -0.2) is 0 Å². The van der Waals surface area contributed by atoms with Crippen LogP contribution in [0.25, 0.3) is 10.9 Å². The second kappa shape index (κ2) is 5.09. The normalized spacial score (nSPS) is 10.8. The van der Waals surface area contributed by atoms with Crippen molar-refractivity contribution in [2.45, 2.75) is 13.8 Å². The maximum absolute atomic E-state index is 12.6. The Kier molecular flexibility index (Phi) is 3.26. The molecule has 0 aliphatic carbocycles. The number of hydrogen-bond acceptors (Lipinski definition) is 1. The van der Waals surface area contributed by atoms with Crippen LogP contribution in [0.5, 0.6) is 0 Å². The molecule has 3 rings (SSSR count). The monoisotopic (exact) mass is 278 g/mol. The molecule has 106 valence electrons. The summed E-state index contributed by atoms with van der Waals surface area (Å²) in [5.41, 5.74) is 4.77. The van der Waals surface area contributed by atoms with E-state index in [1.807, 2.05) is 68.1 Å². The molecule has 3 nitrogen and oxygen atoms in total. The molecule has 1 N–H and O–H groups in total. The Morgan fingerprint density at radius 3 is 2.48 bits per heavy atom. The van der Waals surface area contributed by atoms with Crippen LogP contribution in [-0.2, 0) is 7.05 Å². The Labute approximate surface area is 124 Å². The molecule has 0 unspecified atom stereocenters. The van der Waals surface area contributed by atoms with E-state index in [4.69, 9.17) is 0 Å². The maximum atomic E-state index is 12.6. The van der Waals surface area contributed by atoms with Gasteiger partial charge >= 0.3 is 0 Å². The largest absolute Gasteiger partial charge is 0.350 e. The van der Waals surface area contributed by atoms with Crippen LogP contribution in [0.3, 0.4) is 0 Å². The molecule has 0 aliphatic heterocycles. The zero-order chi connectivity index (χ0) is 15.0. The summed E-state index contributed by atoms with van der Waals surface area (Å²) >= 11 is 0. The number of benzene rings is 2. The fraction of sp³-hybridized carbons (Fsp3) is 0.167. The van der Waals surface area contributed by atoms with Gasteiger partial charge in [-0.15, -0.1) is 0 Å². The minimum absolute atomic E-state index is 0.0765. The van der Waals surface area contributed by atoms with Gasteiger partial charge in [-0.2, -0.15) is 0 Å². The molecule has 0 saturated carbocycles. The number of rotatable bonds is 2. The lowest BCUT2D eigenvalue weighted by atomic mass is 10.1. The van der Waals surface area contributed by atoms with Crippen molar-refractivity contribution in [1.29, 1.82) is 0 Å². The second-order valence-corrected chi connectivity index (χ2v) is 5.50. The lowest BCUT2D eigenvalue weighted by Gasteiger charge is -2.09. The van der Waals surface area contributed by atoms with Gasteiger partial charge in [-0.05, 0) is 49.2 Å². The minimum Gasteiger partial charge on any atom is -0.350 e. The van der Waals surface area contributed by atoms with E-state index >= 15 is 0 Å². The van der Waals surface area contributed by atoms with E-state index in [1.165, 1.54) is 0 Å². The summed E-state index contributed by atoms with van der Waals surface area (Å²) in [4.78, 5) is 12.6. The van der Waals surface area contributed by atoms with Crippen LogP contribution in [0.4, 0.5) is 5.69 Å². The molecule has 21 heavy (non-hydrogen) atoms. The van der Waals surface area contributed by atoms with E-state index in [0.29, 0.717) is 5.56 Å². The zero-order valence-electron chi connectivity index (χ0n) is 12.5. The lowest BCUT2D eigenvalue weighted by Crippen LogP contribution is -2.13. The molecule has 0 fully saturated rings. The van der Waals surface area contributed by atoms with Crippen molar-refractivity contribution < 1.29 is 4.79 Å². The number of para-hydroxylation sites is 1. The van der Waals surface area contributed by atoms with Crippen molar-refractivity contribution in [2.75, 3.05) is 5.32 Å². The number of nitrogens with zero attached hydrogens (tertiary/aromatic N) is 1. The molecule has 0 bridgehead atoms. The van der Waals surface area contributed by atoms with Crippen LogP contribution >= 0.6 is 0 Å². The first-order valence-electron chi connectivity index (χ1n) is 6.98. The number of amides is 1. The van der Waals surface area contributed by atoms with Crippen LogP contribution in [0.15, 0.2) is 48.7 Å². The Morgan fingerprint density at radius 2 is 1.76 bits per heavy atom. The number of carbonyl (C=O) groups is 1. The Bertz CT molecular complexity index is 810. The third-order valence-electron chi connectivity index (χ3n) is 3.62. The molecule has 1 heterocycles. The van der Waals surface area contributed by atoms with Crippen molar-refractivity contribution in [3.8, 4) is 0 Å². The smallest absolute Gasteiger partial charge is 0.257 e. The standard InChI is InChI=1S/C18H18N2O/c1-12-9-13(2)11-15(10-12)19-18(21)16-6-4-5-14-7-8-20(3)17(14)16/h4-11H,1-3H3,(H,19,21). The number of aromatic nitrogens is 1. The summed E-state index contributed by atoms with van der Waals surface area (Å²) in [5.74, 6) is -0.0765. The highest BCUT2D eigenvalue weighted by molar-refractivity contribution is 6.12. The van der Waals surface area contributed by atoms with Gasteiger partial charge in [-0.1, -0.05) is 18.2 Å². The van der Waals surface area contributed by atoms with Crippen molar-refractivity contribution in [1.82, 2.24) is 4.57 Å². The fourth-order valence-electron chi connectivity index (χ4n) is 2.78. The van der Waals surface area contributed by atoms with Crippen LogP contribution in [0.1, 0.15) is 21.5 Å². The third kappa shape index (κ3) is 2.55.